The first-order valence-corrected chi connectivity index (χ1v) is 6.08. The third kappa shape index (κ3) is 2.80. The molecule has 0 bridgehead atoms. The van der Waals surface area contributed by atoms with E-state index in [2.05, 4.69) is 0 Å². The van der Waals surface area contributed by atoms with E-state index in [1.807, 2.05) is 38.1 Å². The second-order valence-electron chi connectivity index (χ2n) is 4.71. The molecule has 0 radical (unpaired) electrons. The van der Waals surface area contributed by atoms with Crippen molar-refractivity contribution in [1.29, 1.82) is 0 Å². The van der Waals surface area contributed by atoms with Crippen molar-refractivity contribution in [3.05, 3.63) is 34.9 Å². The van der Waals surface area contributed by atoms with Gasteiger partial charge in [0.1, 0.15) is 0 Å². The Balaban J connectivity index is 2.30. The van der Waals surface area contributed by atoms with Crippen LogP contribution in [0.25, 0.3) is 0 Å². The van der Waals surface area contributed by atoms with E-state index in [0.29, 0.717) is 11.6 Å². The van der Waals surface area contributed by atoms with E-state index in [-0.39, 0.29) is 18.6 Å². The van der Waals surface area contributed by atoms with Gasteiger partial charge in [0.2, 0.25) is 0 Å². The minimum atomic E-state index is -0.643. The van der Waals surface area contributed by atoms with Gasteiger partial charge in [-0.2, -0.15) is 0 Å². The molecule has 2 atom stereocenters. The van der Waals surface area contributed by atoms with Crippen molar-refractivity contribution in [2.75, 3.05) is 13.2 Å². The summed E-state index contributed by atoms with van der Waals surface area (Å²) in [5.74, 6) is -0.724. The van der Waals surface area contributed by atoms with Crippen LogP contribution >= 0.6 is 11.6 Å². The van der Waals surface area contributed by atoms with Gasteiger partial charge in [0.25, 0.3) is 0 Å². The lowest BCUT2D eigenvalue weighted by atomic mass is 9.95. The molecule has 2 unspecified atom stereocenters. The van der Waals surface area contributed by atoms with Crippen LogP contribution < -0.4 is 0 Å². The summed E-state index contributed by atoms with van der Waals surface area (Å²) in [6, 6.07) is 7.56. The minimum absolute atomic E-state index is 0.0198. The highest BCUT2D eigenvalue weighted by atomic mass is 35.5. The Kier molecular flexibility index (Phi) is 3.73. The average molecular weight is 257 g/mol. The zero-order valence-corrected chi connectivity index (χ0v) is 10.8. The zero-order chi connectivity index (χ0) is 12.5. The fraction of sp³-hybridized carbons (Fsp3) is 0.538. The van der Waals surface area contributed by atoms with Crippen LogP contribution in [0.5, 0.6) is 0 Å². The van der Waals surface area contributed by atoms with Crippen LogP contribution in [0.15, 0.2) is 24.3 Å². The molecule has 4 heteroatoms. The van der Waals surface area contributed by atoms with Gasteiger partial charge in [-0.05, 0) is 25.5 Å². The highest BCUT2D eigenvalue weighted by Crippen LogP contribution is 2.38. The number of aliphatic hydroxyl groups is 1. The van der Waals surface area contributed by atoms with Gasteiger partial charge in [-0.25, -0.2) is 0 Å². The Bertz CT molecular complexity index is 392. The first-order valence-electron chi connectivity index (χ1n) is 5.70. The van der Waals surface area contributed by atoms with E-state index in [1.165, 1.54) is 0 Å². The molecular formula is C13H17ClO3. The van der Waals surface area contributed by atoms with Crippen molar-refractivity contribution in [2.45, 2.75) is 25.7 Å². The molecule has 1 aliphatic heterocycles. The quantitative estimate of drug-likeness (QED) is 0.884. The number of benzene rings is 1. The van der Waals surface area contributed by atoms with Crippen molar-refractivity contribution in [2.24, 2.45) is 5.92 Å². The van der Waals surface area contributed by atoms with Gasteiger partial charge in [-0.3, -0.25) is 0 Å². The Morgan fingerprint density at radius 2 is 2.12 bits per heavy atom. The average Bonchev–Trinajstić information content (AvgIpc) is 2.28. The first kappa shape index (κ1) is 12.8. The number of halogens is 1. The van der Waals surface area contributed by atoms with Crippen LogP contribution in [-0.2, 0) is 9.47 Å². The van der Waals surface area contributed by atoms with Crippen LogP contribution in [0, 0.1) is 5.92 Å². The van der Waals surface area contributed by atoms with Gasteiger partial charge in [-0.15, -0.1) is 0 Å². The van der Waals surface area contributed by atoms with Crippen LogP contribution in [0.3, 0.4) is 0 Å². The predicted octanol–water partition coefficient (Wildman–Crippen LogP) is 2.77. The highest BCUT2D eigenvalue weighted by molar-refractivity contribution is 6.31. The molecule has 0 aliphatic carbocycles. The predicted molar refractivity (Wildman–Crippen MR) is 65.9 cm³/mol. The molecule has 1 heterocycles. The van der Waals surface area contributed by atoms with Crippen molar-refractivity contribution >= 4 is 11.6 Å². The summed E-state index contributed by atoms with van der Waals surface area (Å²) in [5.41, 5.74) is 0.907. The summed E-state index contributed by atoms with van der Waals surface area (Å²) in [6.07, 6.45) is -0.225. The van der Waals surface area contributed by atoms with E-state index < -0.39 is 5.79 Å². The maximum atomic E-state index is 9.38. The Morgan fingerprint density at radius 1 is 1.41 bits per heavy atom. The summed E-state index contributed by atoms with van der Waals surface area (Å²) >= 11 is 6.17. The number of hydrogen-bond acceptors (Lipinski definition) is 3. The molecule has 1 aliphatic rings. The number of ether oxygens (including phenoxy) is 2. The van der Waals surface area contributed by atoms with Crippen LogP contribution in [0.2, 0.25) is 5.02 Å². The van der Waals surface area contributed by atoms with Crippen LogP contribution in [-0.4, -0.2) is 24.1 Å². The van der Waals surface area contributed by atoms with Crippen molar-refractivity contribution < 1.29 is 14.6 Å². The molecule has 1 aromatic carbocycles. The summed E-state index contributed by atoms with van der Waals surface area (Å²) in [4.78, 5) is 0. The number of hydrogen-bond donors (Lipinski definition) is 1. The highest BCUT2D eigenvalue weighted by Gasteiger charge is 2.37. The van der Waals surface area contributed by atoms with Gasteiger partial charge >= 0.3 is 0 Å². The molecule has 0 aromatic heterocycles. The lowest BCUT2D eigenvalue weighted by molar-refractivity contribution is -0.299. The summed E-state index contributed by atoms with van der Waals surface area (Å²) in [6.45, 7) is 4.22. The molecule has 94 valence electrons. The number of rotatable bonds is 2. The SMILES string of the molecule is CC1(C)OCC(CO)C(c2ccccc2Cl)O1. The maximum Gasteiger partial charge on any atom is 0.163 e. The van der Waals surface area contributed by atoms with E-state index >= 15 is 0 Å². The molecule has 1 fully saturated rings. The van der Waals surface area contributed by atoms with Gasteiger partial charge in [-0.1, -0.05) is 29.8 Å². The second kappa shape index (κ2) is 4.94. The van der Waals surface area contributed by atoms with Crippen LogP contribution in [0.4, 0.5) is 0 Å². The van der Waals surface area contributed by atoms with Gasteiger partial charge < -0.3 is 14.6 Å². The molecule has 0 amide bonds. The van der Waals surface area contributed by atoms with E-state index in [4.69, 9.17) is 21.1 Å². The van der Waals surface area contributed by atoms with Crippen LogP contribution in [0.1, 0.15) is 25.5 Å². The van der Waals surface area contributed by atoms with Gasteiger partial charge in [0.15, 0.2) is 5.79 Å². The van der Waals surface area contributed by atoms with Crippen molar-refractivity contribution in [1.82, 2.24) is 0 Å². The largest absolute Gasteiger partial charge is 0.396 e. The third-order valence-electron chi connectivity index (χ3n) is 2.93. The molecule has 1 saturated heterocycles. The van der Waals surface area contributed by atoms with E-state index in [1.54, 1.807) is 0 Å². The number of aliphatic hydroxyl groups excluding tert-OH is 1. The maximum absolute atomic E-state index is 9.38. The fourth-order valence-corrected chi connectivity index (χ4v) is 2.25. The molecule has 3 nitrogen and oxygen atoms in total. The molecular weight excluding hydrogens is 240 g/mol. The molecule has 0 saturated carbocycles. The lowest BCUT2D eigenvalue weighted by Gasteiger charge is -2.41. The fourth-order valence-electron chi connectivity index (χ4n) is 2.00. The smallest absolute Gasteiger partial charge is 0.163 e. The summed E-state index contributed by atoms with van der Waals surface area (Å²) in [5, 5.41) is 10.0. The second-order valence-corrected chi connectivity index (χ2v) is 5.12. The topological polar surface area (TPSA) is 38.7 Å². The van der Waals surface area contributed by atoms with E-state index in [9.17, 15) is 5.11 Å². The summed E-state index contributed by atoms with van der Waals surface area (Å²) in [7, 11) is 0. The molecule has 1 aromatic rings. The third-order valence-corrected chi connectivity index (χ3v) is 3.27. The van der Waals surface area contributed by atoms with Gasteiger partial charge in [0.05, 0.1) is 19.3 Å². The van der Waals surface area contributed by atoms with E-state index in [0.717, 1.165) is 5.56 Å². The molecule has 17 heavy (non-hydrogen) atoms. The Labute approximate surface area is 106 Å². The molecule has 2 rings (SSSR count). The lowest BCUT2D eigenvalue weighted by Crippen LogP contribution is -2.42. The monoisotopic (exact) mass is 256 g/mol. The standard InChI is InChI=1S/C13H17ClO3/c1-13(2)16-8-9(7-15)12(17-13)10-5-3-4-6-11(10)14/h3-6,9,12,15H,7-8H2,1-2H3. The van der Waals surface area contributed by atoms with Gasteiger partial charge in [0, 0.05) is 10.9 Å². The molecule has 1 N–H and O–H groups in total. The normalized spacial score (nSPS) is 28.0. The first-order chi connectivity index (χ1) is 8.03. The molecule has 0 spiro atoms. The zero-order valence-electron chi connectivity index (χ0n) is 10.0. The summed E-state index contributed by atoms with van der Waals surface area (Å²) < 4.78 is 11.4. The Morgan fingerprint density at radius 3 is 2.76 bits per heavy atom. The van der Waals surface area contributed by atoms with Crippen molar-refractivity contribution in [3.63, 3.8) is 0 Å². The van der Waals surface area contributed by atoms with Crippen molar-refractivity contribution in [3.8, 4) is 0 Å². The minimum Gasteiger partial charge on any atom is -0.396 e. The Hall–Kier alpha value is -0.610.